The molecular weight excluding hydrogens is 300 g/mol. The summed E-state index contributed by atoms with van der Waals surface area (Å²) in [6, 6.07) is 0. The molecule has 0 unspecified atom stereocenters. The summed E-state index contributed by atoms with van der Waals surface area (Å²) in [6.07, 6.45) is -4.91. The summed E-state index contributed by atoms with van der Waals surface area (Å²) in [5.41, 5.74) is 2.29. The summed E-state index contributed by atoms with van der Waals surface area (Å²) < 4.78 is 33.1. The maximum Gasteiger partial charge on any atom is 0.351 e. The highest BCUT2D eigenvalue weighted by Crippen LogP contribution is 2.39. The highest BCUT2D eigenvalue weighted by atomic mass is 35.5. The topological polar surface area (TPSA) is 111 Å². The summed E-state index contributed by atoms with van der Waals surface area (Å²) in [5, 5.41) is 19.0. The Morgan fingerprint density at radius 2 is 2.30 bits per heavy atom. The zero-order valence-electron chi connectivity index (χ0n) is 10.0. The van der Waals surface area contributed by atoms with Gasteiger partial charge >= 0.3 is 5.69 Å². The van der Waals surface area contributed by atoms with Gasteiger partial charge in [0.25, 0.3) is 0 Å². The van der Waals surface area contributed by atoms with Gasteiger partial charge in [-0.1, -0.05) is 0 Å². The van der Waals surface area contributed by atoms with Crippen LogP contribution in [0.4, 0.5) is 14.6 Å². The highest BCUT2D eigenvalue weighted by Gasteiger charge is 2.55. The normalized spacial score (nSPS) is 33.5. The first-order valence-corrected chi connectivity index (χ1v) is 6.10. The molecule has 0 aromatic carbocycles. The van der Waals surface area contributed by atoms with Crippen LogP contribution in [0.15, 0.2) is 11.0 Å². The second kappa shape index (κ2) is 5.24. The van der Waals surface area contributed by atoms with E-state index in [1.54, 1.807) is 0 Å². The van der Waals surface area contributed by atoms with Crippen LogP contribution in [-0.2, 0) is 4.74 Å². The first kappa shape index (κ1) is 15.1. The third-order valence-corrected chi connectivity index (χ3v) is 3.62. The van der Waals surface area contributed by atoms with Crippen LogP contribution in [0.5, 0.6) is 0 Å². The van der Waals surface area contributed by atoms with Gasteiger partial charge in [0.1, 0.15) is 11.7 Å². The van der Waals surface area contributed by atoms with Crippen LogP contribution >= 0.6 is 11.6 Å². The maximum absolute atomic E-state index is 14.1. The molecule has 2 rings (SSSR count). The van der Waals surface area contributed by atoms with Crippen molar-refractivity contribution in [3.63, 3.8) is 0 Å². The van der Waals surface area contributed by atoms with Crippen LogP contribution in [0.1, 0.15) is 6.23 Å². The van der Waals surface area contributed by atoms with Crippen molar-refractivity contribution in [3.8, 4) is 0 Å². The van der Waals surface area contributed by atoms with Gasteiger partial charge in [0, 0.05) is 0 Å². The minimum atomic E-state index is -2.09. The molecule has 0 saturated carbocycles. The number of hydrogen-bond donors (Lipinski definition) is 3. The van der Waals surface area contributed by atoms with Crippen LogP contribution < -0.4 is 11.4 Å². The van der Waals surface area contributed by atoms with Gasteiger partial charge in [-0.25, -0.2) is 13.6 Å². The summed E-state index contributed by atoms with van der Waals surface area (Å²) >= 11 is 5.57. The Bertz CT molecular complexity index is 566. The molecule has 0 spiro atoms. The SMILES string of the molecule is Nc1nc(=O)n([C@@H]2O[C@@](CO)(CCl)[C@@H](O)[C@@H]2F)cc1F. The monoisotopic (exact) mass is 311 g/mol. The number of alkyl halides is 2. The van der Waals surface area contributed by atoms with Gasteiger partial charge < -0.3 is 20.7 Å². The predicted molar refractivity (Wildman–Crippen MR) is 64.4 cm³/mol. The van der Waals surface area contributed by atoms with Gasteiger partial charge in [-0.15, -0.1) is 11.6 Å². The lowest BCUT2D eigenvalue weighted by Gasteiger charge is -2.26. The first-order valence-electron chi connectivity index (χ1n) is 5.57. The molecule has 1 aliphatic heterocycles. The number of halogens is 3. The van der Waals surface area contributed by atoms with Crippen LogP contribution in [0.2, 0.25) is 0 Å². The maximum atomic E-state index is 14.1. The fraction of sp³-hybridized carbons (Fsp3) is 0.600. The van der Waals surface area contributed by atoms with Crippen molar-refractivity contribution in [3.05, 3.63) is 22.5 Å². The molecule has 0 aliphatic carbocycles. The number of nitrogens with two attached hydrogens (primary N) is 1. The van der Waals surface area contributed by atoms with E-state index < -0.39 is 53.9 Å². The summed E-state index contributed by atoms with van der Waals surface area (Å²) in [5.74, 6) is -2.09. The summed E-state index contributed by atoms with van der Waals surface area (Å²) in [7, 11) is 0. The van der Waals surface area contributed by atoms with E-state index in [9.17, 15) is 23.8 Å². The molecule has 1 aromatic heterocycles. The van der Waals surface area contributed by atoms with Gasteiger partial charge in [-0.2, -0.15) is 4.98 Å². The van der Waals surface area contributed by atoms with E-state index in [1.807, 2.05) is 0 Å². The summed E-state index contributed by atoms with van der Waals surface area (Å²) in [4.78, 5) is 14.8. The van der Waals surface area contributed by atoms with Crippen LogP contribution in [-0.4, -0.2) is 50.1 Å². The van der Waals surface area contributed by atoms with Gasteiger partial charge in [0.05, 0.1) is 18.7 Å². The van der Waals surface area contributed by atoms with Crippen molar-refractivity contribution in [1.29, 1.82) is 0 Å². The molecule has 0 bridgehead atoms. The molecule has 7 nitrogen and oxygen atoms in total. The number of aliphatic hydroxyl groups excluding tert-OH is 2. The molecule has 1 saturated heterocycles. The Balaban J connectivity index is 2.45. The second-order valence-corrected chi connectivity index (χ2v) is 4.69. The van der Waals surface area contributed by atoms with Crippen LogP contribution in [0, 0.1) is 5.82 Å². The number of rotatable bonds is 3. The van der Waals surface area contributed by atoms with E-state index in [1.165, 1.54) is 0 Å². The number of ether oxygens (including phenoxy) is 1. The molecule has 2 heterocycles. The lowest BCUT2D eigenvalue weighted by molar-refractivity contribution is -0.115. The second-order valence-electron chi connectivity index (χ2n) is 4.42. The minimum absolute atomic E-state index is 0.415. The number of aliphatic hydroxyl groups is 2. The van der Waals surface area contributed by atoms with Gasteiger partial charge in [0.2, 0.25) is 0 Å². The minimum Gasteiger partial charge on any atom is -0.393 e. The highest BCUT2D eigenvalue weighted by molar-refractivity contribution is 6.18. The Morgan fingerprint density at radius 1 is 1.65 bits per heavy atom. The Labute approximate surface area is 116 Å². The van der Waals surface area contributed by atoms with Crippen LogP contribution in [0.3, 0.4) is 0 Å². The third-order valence-electron chi connectivity index (χ3n) is 3.17. The first-order chi connectivity index (χ1) is 9.36. The molecule has 10 heteroatoms. The molecule has 112 valence electrons. The van der Waals surface area contributed by atoms with E-state index in [-0.39, 0.29) is 0 Å². The van der Waals surface area contributed by atoms with Crippen LogP contribution in [0.25, 0.3) is 0 Å². The molecule has 1 fully saturated rings. The number of hydrogen-bond acceptors (Lipinski definition) is 6. The fourth-order valence-corrected chi connectivity index (χ4v) is 2.26. The molecule has 4 atom stereocenters. The van der Waals surface area contributed by atoms with E-state index >= 15 is 0 Å². The number of aromatic nitrogens is 2. The number of nitrogens with zero attached hydrogens (tertiary/aromatic N) is 2. The van der Waals surface area contributed by atoms with Crippen molar-refractivity contribution in [2.24, 2.45) is 0 Å². The molecule has 0 radical (unpaired) electrons. The Morgan fingerprint density at radius 3 is 2.80 bits per heavy atom. The molecule has 1 aliphatic rings. The zero-order valence-corrected chi connectivity index (χ0v) is 10.8. The largest absolute Gasteiger partial charge is 0.393 e. The number of anilines is 1. The lowest BCUT2D eigenvalue weighted by atomic mass is 9.99. The van der Waals surface area contributed by atoms with Gasteiger partial charge in [0.15, 0.2) is 24.0 Å². The predicted octanol–water partition coefficient (Wildman–Crippen LogP) is -0.838. The average Bonchev–Trinajstić information content (AvgIpc) is 2.68. The molecule has 1 aromatic rings. The average molecular weight is 312 g/mol. The molecular formula is C10H12ClF2N3O4. The van der Waals surface area contributed by atoms with Gasteiger partial charge in [-0.05, 0) is 0 Å². The molecule has 20 heavy (non-hydrogen) atoms. The van der Waals surface area contributed by atoms with Crippen molar-refractivity contribution in [2.75, 3.05) is 18.2 Å². The van der Waals surface area contributed by atoms with Gasteiger partial charge in [-0.3, -0.25) is 4.57 Å². The smallest absolute Gasteiger partial charge is 0.351 e. The lowest BCUT2D eigenvalue weighted by Crippen LogP contribution is -2.47. The van der Waals surface area contributed by atoms with E-state index in [2.05, 4.69) is 4.98 Å². The Hall–Kier alpha value is -1.29. The van der Waals surface area contributed by atoms with E-state index in [0.717, 1.165) is 0 Å². The Kier molecular flexibility index (Phi) is 3.96. The summed E-state index contributed by atoms with van der Waals surface area (Å²) in [6.45, 7) is -0.770. The molecule has 4 N–H and O–H groups in total. The van der Waals surface area contributed by atoms with Crippen molar-refractivity contribution in [1.82, 2.24) is 9.55 Å². The zero-order chi connectivity index (χ0) is 15.1. The molecule has 0 amide bonds. The van der Waals surface area contributed by atoms with Crippen molar-refractivity contribution >= 4 is 17.4 Å². The quantitative estimate of drug-likeness (QED) is 0.628. The third kappa shape index (κ3) is 2.16. The van der Waals surface area contributed by atoms with E-state index in [0.29, 0.717) is 10.8 Å². The van der Waals surface area contributed by atoms with Crippen molar-refractivity contribution < 1.29 is 23.7 Å². The fourth-order valence-electron chi connectivity index (χ4n) is 1.96. The number of nitrogen functional groups attached to an aromatic ring is 1. The van der Waals surface area contributed by atoms with E-state index in [4.69, 9.17) is 22.1 Å². The van der Waals surface area contributed by atoms with Crippen molar-refractivity contribution in [2.45, 2.75) is 24.1 Å². The standard InChI is InChI=1S/C10H12ClF2N3O4/c11-2-10(3-17)6(18)5(13)8(20-10)16-1-4(12)7(14)15-9(16)19/h1,5-6,8,17-18H,2-3H2,(H2,14,15,19)/t5-,6-,8+,10+/m0/s1.